The molecular formula is C17H21N3O2. The van der Waals surface area contributed by atoms with E-state index in [0.717, 1.165) is 5.56 Å². The largest absolute Gasteiger partial charge is 0.497 e. The molecule has 2 rings (SSSR count). The lowest BCUT2D eigenvalue weighted by Crippen LogP contribution is -2.28. The van der Waals surface area contributed by atoms with Crippen LogP contribution < -0.4 is 21.1 Å². The Bertz CT molecular complexity index is 684. The number of nitrogen functional groups attached to an aromatic ring is 1. The number of carbonyl (C=O) groups excluding carboxylic acids is 1. The molecule has 0 spiro atoms. The minimum Gasteiger partial charge on any atom is -0.497 e. The third kappa shape index (κ3) is 3.91. The van der Waals surface area contributed by atoms with Crippen molar-refractivity contribution in [2.75, 3.05) is 18.2 Å². The minimum atomic E-state index is -0.296. The van der Waals surface area contributed by atoms with E-state index < -0.39 is 0 Å². The molecule has 0 aliphatic heterocycles. The zero-order valence-electron chi connectivity index (χ0n) is 13.1. The summed E-state index contributed by atoms with van der Waals surface area (Å²) in [5.41, 5.74) is 10.4. The highest BCUT2D eigenvalue weighted by Crippen LogP contribution is 2.23. The number of rotatable bonds is 4. The number of ether oxygens (including phenoxy) is 1. The number of amides is 2. The van der Waals surface area contributed by atoms with Crippen molar-refractivity contribution in [1.82, 2.24) is 5.32 Å². The Balaban J connectivity index is 1.94. The molecule has 0 saturated heterocycles. The summed E-state index contributed by atoms with van der Waals surface area (Å²) < 4.78 is 5.07. The SMILES string of the molecule is COc1ccc(NC(=O)NCc2ccc(C)c(C)c2)c(N)c1. The zero-order chi connectivity index (χ0) is 16.1. The molecule has 0 bridgehead atoms. The molecule has 0 heterocycles. The van der Waals surface area contributed by atoms with Gasteiger partial charge in [0, 0.05) is 12.6 Å². The van der Waals surface area contributed by atoms with Gasteiger partial charge in [0.25, 0.3) is 0 Å². The van der Waals surface area contributed by atoms with Gasteiger partial charge in [-0.3, -0.25) is 0 Å². The first-order valence-electron chi connectivity index (χ1n) is 7.04. The van der Waals surface area contributed by atoms with Crippen molar-refractivity contribution >= 4 is 17.4 Å². The fourth-order valence-corrected chi connectivity index (χ4v) is 2.04. The van der Waals surface area contributed by atoms with E-state index in [-0.39, 0.29) is 6.03 Å². The highest BCUT2D eigenvalue weighted by Gasteiger charge is 2.06. The van der Waals surface area contributed by atoms with Gasteiger partial charge in [0.15, 0.2) is 0 Å². The first-order chi connectivity index (χ1) is 10.5. The van der Waals surface area contributed by atoms with E-state index >= 15 is 0 Å². The smallest absolute Gasteiger partial charge is 0.319 e. The molecule has 2 amide bonds. The van der Waals surface area contributed by atoms with Crippen LogP contribution in [-0.2, 0) is 6.54 Å². The quantitative estimate of drug-likeness (QED) is 0.759. The summed E-state index contributed by atoms with van der Waals surface area (Å²) in [4.78, 5) is 11.9. The van der Waals surface area contributed by atoms with Gasteiger partial charge in [0.2, 0.25) is 0 Å². The molecule has 116 valence electrons. The summed E-state index contributed by atoms with van der Waals surface area (Å²) in [6.07, 6.45) is 0. The van der Waals surface area contributed by atoms with Crippen molar-refractivity contribution in [2.45, 2.75) is 20.4 Å². The summed E-state index contributed by atoms with van der Waals surface area (Å²) >= 11 is 0. The summed E-state index contributed by atoms with van der Waals surface area (Å²) in [6, 6.07) is 10.9. The second-order valence-electron chi connectivity index (χ2n) is 5.18. The summed E-state index contributed by atoms with van der Waals surface area (Å²) in [5.74, 6) is 0.651. The Kier molecular flexibility index (Phi) is 4.88. The highest BCUT2D eigenvalue weighted by molar-refractivity contribution is 5.92. The van der Waals surface area contributed by atoms with Crippen LogP contribution in [0.3, 0.4) is 0 Å². The third-order valence-electron chi connectivity index (χ3n) is 3.53. The topological polar surface area (TPSA) is 76.4 Å². The normalized spacial score (nSPS) is 10.1. The average Bonchev–Trinajstić information content (AvgIpc) is 2.50. The molecule has 0 saturated carbocycles. The number of hydrogen-bond donors (Lipinski definition) is 3. The van der Waals surface area contributed by atoms with Gasteiger partial charge in [-0.2, -0.15) is 0 Å². The van der Waals surface area contributed by atoms with E-state index in [0.29, 0.717) is 23.7 Å². The molecule has 5 heteroatoms. The molecule has 22 heavy (non-hydrogen) atoms. The van der Waals surface area contributed by atoms with Crippen LogP contribution >= 0.6 is 0 Å². The Morgan fingerprint density at radius 3 is 2.55 bits per heavy atom. The van der Waals surface area contributed by atoms with Gasteiger partial charge in [-0.05, 0) is 42.7 Å². The number of hydrogen-bond acceptors (Lipinski definition) is 3. The van der Waals surface area contributed by atoms with E-state index in [4.69, 9.17) is 10.5 Å². The summed E-state index contributed by atoms with van der Waals surface area (Å²) in [5, 5.41) is 5.54. The number of benzene rings is 2. The van der Waals surface area contributed by atoms with Crippen LogP contribution in [0.25, 0.3) is 0 Å². The second-order valence-corrected chi connectivity index (χ2v) is 5.18. The highest BCUT2D eigenvalue weighted by atomic mass is 16.5. The van der Waals surface area contributed by atoms with Gasteiger partial charge in [-0.25, -0.2) is 4.79 Å². The van der Waals surface area contributed by atoms with Gasteiger partial charge < -0.3 is 21.1 Å². The van der Waals surface area contributed by atoms with E-state index in [2.05, 4.69) is 30.5 Å². The van der Waals surface area contributed by atoms with E-state index in [1.54, 1.807) is 25.3 Å². The molecule has 0 unspecified atom stereocenters. The lowest BCUT2D eigenvalue weighted by molar-refractivity contribution is 0.251. The molecule has 0 aliphatic rings. The maximum Gasteiger partial charge on any atom is 0.319 e. The Hall–Kier alpha value is -2.69. The zero-order valence-corrected chi connectivity index (χ0v) is 13.1. The Morgan fingerprint density at radius 1 is 1.14 bits per heavy atom. The molecule has 0 atom stereocenters. The molecular weight excluding hydrogens is 278 g/mol. The van der Waals surface area contributed by atoms with E-state index in [9.17, 15) is 4.79 Å². The monoisotopic (exact) mass is 299 g/mol. The Labute approximate surface area is 130 Å². The van der Waals surface area contributed by atoms with Crippen LogP contribution in [0.15, 0.2) is 36.4 Å². The molecule has 2 aromatic rings. The lowest BCUT2D eigenvalue weighted by Gasteiger charge is -2.11. The molecule has 0 aromatic heterocycles. The summed E-state index contributed by atoms with van der Waals surface area (Å²) in [6.45, 7) is 4.58. The van der Waals surface area contributed by atoms with Crippen molar-refractivity contribution in [3.8, 4) is 5.75 Å². The number of carbonyl (C=O) groups is 1. The number of nitrogens with one attached hydrogen (secondary N) is 2. The van der Waals surface area contributed by atoms with Gasteiger partial charge >= 0.3 is 6.03 Å². The van der Waals surface area contributed by atoms with Crippen LogP contribution in [-0.4, -0.2) is 13.1 Å². The summed E-state index contributed by atoms with van der Waals surface area (Å²) in [7, 11) is 1.57. The maximum absolute atomic E-state index is 11.9. The predicted molar refractivity (Wildman–Crippen MR) is 89.2 cm³/mol. The average molecular weight is 299 g/mol. The third-order valence-corrected chi connectivity index (χ3v) is 3.53. The van der Waals surface area contributed by atoms with Crippen LogP contribution in [0, 0.1) is 13.8 Å². The molecule has 4 N–H and O–H groups in total. The van der Waals surface area contributed by atoms with Crippen LogP contribution in [0.2, 0.25) is 0 Å². The predicted octanol–water partition coefficient (Wildman–Crippen LogP) is 3.22. The molecule has 2 aromatic carbocycles. The van der Waals surface area contributed by atoms with Crippen LogP contribution in [0.4, 0.5) is 16.2 Å². The van der Waals surface area contributed by atoms with E-state index in [1.165, 1.54) is 11.1 Å². The van der Waals surface area contributed by atoms with Crippen LogP contribution in [0.1, 0.15) is 16.7 Å². The minimum absolute atomic E-state index is 0.296. The number of anilines is 2. The standard InChI is InChI=1S/C17H21N3O2/c1-11-4-5-13(8-12(11)2)10-19-17(21)20-16-7-6-14(22-3)9-15(16)18/h4-9H,10,18H2,1-3H3,(H2,19,20,21). The number of nitrogens with two attached hydrogens (primary N) is 1. The van der Waals surface area contributed by atoms with Crippen molar-refractivity contribution in [1.29, 1.82) is 0 Å². The van der Waals surface area contributed by atoms with Crippen LogP contribution in [0.5, 0.6) is 5.75 Å². The fourth-order valence-electron chi connectivity index (χ4n) is 2.04. The molecule has 5 nitrogen and oxygen atoms in total. The molecule has 0 aliphatic carbocycles. The number of urea groups is 1. The first kappa shape index (κ1) is 15.7. The maximum atomic E-state index is 11.9. The molecule has 0 radical (unpaired) electrons. The first-order valence-corrected chi connectivity index (χ1v) is 7.04. The van der Waals surface area contributed by atoms with Gasteiger partial charge in [0.05, 0.1) is 18.5 Å². The van der Waals surface area contributed by atoms with E-state index in [1.807, 2.05) is 12.1 Å². The van der Waals surface area contributed by atoms with Gasteiger partial charge in [0.1, 0.15) is 5.75 Å². The van der Waals surface area contributed by atoms with Crippen molar-refractivity contribution in [3.63, 3.8) is 0 Å². The number of methoxy groups -OCH3 is 1. The van der Waals surface area contributed by atoms with Crippen molar-refractivity contribution in [2.24, 2.45) is 0 Å². The second kappa shape index (κ2) is 6.85. The number of aryl methyl sites for hydroxylation is 2. The lowest BCUT2D eigenvalue weighted by atomic mass is 10.1. The Morgan fingerprint density at radius 2 is 1.91 bits per heavy atom. The van der Waals surface area contributed by atoms with Gasteiger partial charge in [-0.1, -0.05) is 18.2 Å². The molecule has 0 fully saturated rings. The van der Waals surface area contributed by atoms with Gasteiger partial charge in [-0.15, -0.1) is 0 Å². The van der Waals surface area contributed by atoms with Crippen molar-refractivity contribution < 1.29 is 9.53 Å². The fraction of sp³-hybridized carbons (Fsp3) is 0.235. The van der Waals surface area contributed by atoms with Crippen molar-refractivity contribution in [3.05, 3.63) is 53.1 Å².